The highest BCUT2D eigenvalue weighted by atomic mass is 32.2. The molecule has 0 fully saturated rings. The van der Waals surface area contributed by atoms with E-state index in [-0.39, 0.29) is 10.7 Å². The van der Waals surface area contributed by atoms with E-state index in [9.17, 15) is 9.00 Å². The lowest BCUT2D eigenvalue weighted by Crippen LogP contribution is -2.33. The molecule has 2 rings (SSSR count). The van der Waals surface area contributed by atoms with E-state index in [0.29, 0.717) is 23.6 Å². The smallest absolute Gasteiger partial charge is 0.255 e. The van der Waals surface area contributed by atoms with Gasteiger partial charge in [-0.1, -0.05) is 18.2 Å². The van der Waals surface area contributed by atoms with Crippen molar-refractivity contribution in [1.29, 1.82) is 0 Å². The predicted octanol–water partition coefficient (Wildman–Crippen LogP) is 2.52. The van der Waals surface area contributed by atoms with Crippen LogP contribution in [-0.2, 0) is 10.8 Å². The maximum absolute atomic E-state index is 12.6. The molecule has 0 aliphatic carbocycles. The molecule has 5 nitrogen and oxygen atoms in total. The zero-order valence-electron chi connectivity index (χ0n) is 13.9. The molecule has 0 saturated heterocycles. The van der Waals surface area contributed by atoms with Crippen LogP contribution >= 0.6 is 0 Å². The van der Waals surface area contributed by atoms with E-state index in [4.69, 9.17) is 4.74 Å². The van der Waals surface area contributed by atoms with Gasteiger partial charge in [0.15, 0.2) is 5.75 Å². The van der Waals surface area contributed by atoms with Gasteiger partial charge in [0.05, 0.1) is 24.4 Å². The maximum Gasteiger partial charge on any atom is 0.255 e. The van der Waals surface area contributed by atoms with E-state index in [0.717, 1.165) is 10.9 Å². The summed E-state index contributed by atoms with van der Waals surface area (Å²) in [5.74, 6) is 0.602. The Labute approximate surface area is 138 Å². The fraction of sp³-hybridized carbons (Fsp3) is 0.412. The summed E-state index contributed by atoms with van der Waals surface area (Å²) in [6.07, 6.45) is 1.55. The molecule has 1 atom stereocenters. The second-order valence-electron chi connectivity index (χ2n) is 6.14. The number of fused-ring (bicyclic) bond motifs is 1. The van der Waals surface area contributed by atoms with Gasteiger partial charge in [-0.3, -0.25) is 14.0 Å². The average molecular weight is 334 g/mol. The molecule has 2 aromatic rings. The Kier molecular flexibility index (Phi) is 5.36. The largest absolute Gasteiger partial charge is 0.494 e. The number of ether oxygens (including phenoxy) is 1. The van der Waals surface area contributed by atoms with Gasteiger partial charge in [0.1, 0.15) is 0 Å². The number of benzene rings is 1. The monoisotopic (exact) mass is 334 g/mol. The lowest BCUT2D eigenvalue weighted by atomic mass is 10.1. The summed E-state index contributed by atoms with van der Waals surface area (Å²) in [4.78, 5) is 16.8. The third-order valence-electron chi connectivity index (χ3n) is 3.44. The standard InChI is InChI=1S/C17H22N2O3S/c1-17(2,3)23(21)10-9-18-16(20)15-12-7-5-6-8-13(12)19-11-14(15)22-4/h5-8,11H,9-10H2,1-4H3,(H,18,20)/t23-/m1/s1. The number of nitrogens with one attached hydrogen (secondary N) is 1. The number of amides is 1. The van der Waals surface area contributed by atoms with Crippen LogP contribution in [0.5, 0.6) is 5.75 Å². The van der Waals surface area contributed by atoms with Gasteiger partial charge in [-0.05, 0) is 26.8 Å². The molecule has 0 saturated carbocycles. The average Bonchev–Trinajstić information content (AvgIpc) is 2.52. The summed E-state index contributed by atoms with van der Waals surface area (Å²) >= 11 is 0. The molecule has 1 aromatic carbocycles. The molecular weight excluding hydrogens is 312 g/mol. The van der Waals surface area contributed by atoms with Crippen LogP contribution in [0.2, 0.25) is 0 Å². The fourth-order valence-electron chi connectivity index (χ4n) is 2.16. The molecule has 124 valence electrons. The number of carbonyl (C=O) groups is 1. The van der Waals surface area contributed by atoms with Gasteiger partial charge in [0, 0.05) is 33.2 Å². The minimum atomic E-state index is -1.00. The number of nitrogens with zero attached hydrogens (tertiary/aromatic N) is 1. The van der Waals surface area contributed by atoms with Crippen molar-refractivity contribution in [2.75, 3.05) is 19.4 Å². The van der Waals surface area contributed by atoms with Gasteiger partial charge in [0.2, 0.25) is 0 Å². The molecule has 0 spiro atoms. The van der Waals surface area contributed by atoms with Crippen LogP contribution in [0.3, 0.4) is 0 Å². The van der Waals surface area contributed by atoms with Crippen LogP contribution in [0, 0.1) is 0 Å². The van der Waals surface area contributed by atoms with Crippen molar-refractivity contribution in [2.45, 2.75) is 25.5 Å². The van der Waals surface area contributed by atoms with Crippen molar-refractivity contribution < 1.29 is 13.7 Å². The summed E-state index contributed by atoms with van der Waals surface area (Å²) in [5, 5.41) is 3.57. The van der Waals surface area contributed by atoms with Crippen molar-refractivity contribution in [3.8, 4) is 5.75 Å². The van der Waals surface area contributed by atoms with Crippen LogP contribution in [0.4, 0.5) is 0 Å². The second kappa shape index (κ2) is 7.08. The van der Waals surface area contributed by atoms with Crippen molar-refractivity contribution in [1.82, 2.24) is 10.3 Å². The molecule has 0 aliphatic rings. The highest BCUT2D eigenvalue weighted by Crippen LogP contribution is 2.25. The van der Waals surface area contributed by atoms with Crippen LogP contribution in [0.1, 0.15) is 31.1 Å². The Hall–Kier alpha value is -1.95. The van der Waals surface area contributed by atoms with E-state index < -0.39 is 10.8 Å². The van der Waals surface area contributed by atoms with Crippen LogP contribution in [0.25, 0.3) is 10.9 Å². The molecule has 0 radical (unpaired) electrons. The van der Waals surface area contributed by atoms with Crippen LogP contribution in [0.15, 0.2) is 30.5 Å². The van der Waals surface area contributed by atoms with Crippen LogP contribution < -0.4 is 10.1 Å². The molecule has 23 heavy (non-hydrogen) atoms. The molecule has 1 heterocycles. The number of rotatable bonds is 5. The minimum Gasteiger partial charge on any atom is -0.494 e. The zero-order chi connectivity index (χ0) is 17.0. The van der Waals surface area contributed by atoms with Crippen molar-refractivity contribution >= 4 is 27.6 Å². The van der Waals surface area contributed by atoms with E-state index in [1.807, 2.05) is 45.0 Å². The highest BCUT2D eigenvalue weighted by Gasteiger charge is 2.20. The first-order valence-electron chi connectivity index (χ1n) is 7.43. The molecule has 1 aromatic heterocycles. The molecule has 0 bridgehead atoms. The highest BCUT2D eigenvalue weighted by molar-refractivity contribution is 7.86. The van der Waals surface area contributed by atoms with Crippen LogP contribution in [-0.4, -0.2) is 39.3 Å². The topological polar surface area (TPSA) is 68.3 Å². The van der Waals surface area contributed by atoms with Crippen molar-refractivity contribution in [3.63, 3.8) is 0 Å². The van der Waals surface area contributed by atoms with Gasteiger partial charge in [-0.15, -0.1) is 0 Å². The second-order valence-corrected chi connectivity index (χ2v) is 8.46. The Balaban J connectivity index is 2.19. The Morgan fingerprint density at radius 2 is 2.00 bits per heavy atom. The van der Waals surface area contributed by atoms with E-state index in [1.165, 1.54) is 7.11 Å². The lowest BCUT2D eigenvalue weighted by Gasteiger charge is -2.18. The number of pyridine rings is 1. The number of aromatic nitrogens is 1. The number of carbonyl (C=O) groups excluding carboxylic acids is 1. The quantitative estimate of drug-likeness (QED) is 0.912. The zero-order valence-corrected chi connectivity index (χ0v) is 14.7. The first kappa shape index (κ1) is 17.4. The van der Waals surface area contributed by atoms with Gasteiger partial charge in [0.25, 0.3) is 5.91 Å². The van der Waals surface area contributed by atoms with Gasteiger partial charge in [-0.25, -0.2) is 0 Å². The lowest BCUT2D eigenvalue weighted by molar-refractivity contribution is 0.0954. The molecule has 1 N–H and O–H groups in total. The first-order chi connectivity index (χ1) is 10.8. The third-order valence-corrected chi connectivity index (χ3v) is 5.38. The molecule has 6 heteroatoms. The number of para-hydroxylation sites is 1. The van der Waals surface area contributed by atoms with Crippen molar-refractivity contribution in [3.05, 3.63) is 36.0 Å². The SMILES string of the molecule is COc1cnc2ccccc2c1C(=O)NCC[S@@](=O)C(C)(C)C. The Morgan fingerprint density at radius 3 is 2.65 bits per heavy atom. The van der Waals surface area contributed by atoms with E-state index >= 15 is 0 Å². The van der Waals surface area contributed by atoms with Gasteiger partial charge < -0.3 is 10.1 Å². The summed E-state index contributed by atoms with van der Waals surface area (Å²) in [7, 11) is 0.508. The van der Waals surface area contributed by atoms with E-state index in [1.54, 1.807) is 6.20 Å². The number of hydrogen-bond acceptors (Lipinski definition) is 4. The van der Waals surface area contributed by atoms with Gasteiger partial charge >= 0.3 is 0 Å². The van der Waals surface area contributed by atoms with E-state index in [2.05, 4.69) is 10.3 Å². The third kappa shape index (κ3) is 4.07. The molecular formula is C17H22N2O3S. The maximum atomic E-state index is 12.6. The normalized spacial score (nSPS) is 12.9. The summed E-state index contributed by atoms with van der Waals surface area (Å²) in [6, 6.07) is 7.41. The van der Waals surface area contributed by atoms with Crippen molar-refractivity contribution in [2.24, 2.45) is 0 Å². The molecule has 1 amide bonds. The summed E-state index contributed by atoms with van der Waals surface area (Å²) in [6.45, 7) is 6.11. The predicted molar refractivity (Wildman–Crippen MR) is 93.4 cm³/mol. The molecule has 0 unspecified atom stereocenters. The Bertz CT molecular complexity index is 738. The molecule has 0 aliphatic heterocycles. The van der Waals surface area contributed by atoms with Gasteiger partial charge in [-0.2, -0.15) is 0 Å². The Morgan fingerprint density at radius 1 is 1.30 bits per heavy atom. The number of methoxy groups -OCH3 is 1. The fourth-order valence-corrected chi connectivity index (χ4v) is 3.06. The summed E-state index contributed by atoms with van der Waals surface area (Å²) in [5.41, 5.74) is 1.19. The summed E-state index contributed by atoms with van der Waals surface area (Å²) < 4.78 is 17.0. The first-order valence-corrected chi connectivity index (χ1v) is 8.75. The minimum absolute atomic E-state index is 0.244. The number of hydrogen-bond donors (Lipinski definition) is 1.